The van der Waals surface area contributed by atoms with Crippen LogP contribution in [-0.4, -0.2) is 21.0 Å². The monoisotopic (exact) mass is 348 g/mol. The fourth-order valence-electron chi connectivity index (χ4n) is 2.08. The summed E-state index contributed by atoms with van der Waals surface area (Å²) in [5.41, 5.74) is 0.217. The molecule has 0 atom stereocenters. The van der Waals surface area contributed by atoms with E-state index >= 15 is 0 Å². The highest BCUT2D eigenvalue weighted by molar-refractivity contribution is 8.18. The first kappa shape index (κ1) is 15.9. The molecule has 7 nitrogen and oxygen atoms in total. The molecule has 0 saturated carbocycles. The minimum Gasteiger partial charge on any atom is -0.401 e. The van der Waals surface area contributed by atoms with Gasteiger partial charge in [0.25, 0.3) is 11.1 Å². The number of furan rings is 1. The highest BCUT2D eigenvalue weighted by Gasteiger charge is 2.35. The van der Waals surface area contributed by atoms with Gasteiger partial charge in [0.1, 0.15) is 16.5 Å². The molecule has 2 heterocycles. The summed E-state index contributed by atoms with van der Waals surface area (Å²) in [4.78, 5) is 35.1. The second-order valence-corrected chi connectivity index (χ2v) is 5.79. The fourth-order valence-corrected chi connectivity index (χ4v) is 2.90. The van der Waals surface area contributed by atoms with Crippen LogP contribution in [0.2, 0.25) is 0 Å². The maximum atomic E-state index is 13.7. The number of thioether (sulfide) groups is 1. The molecule has 2 amide bonds. The summed E-state index contributed by atoms with van der Waals surface area (Å²) in [5.74, 6) is -1.50. The third kappa shape index (κ3) is 3.06. The Hall–Kier alpha value is -2.94. The summed E-state index contributed by atoms with van der Waals surface area (Å²) >= 11 is 0.666. The van der Waals surface area contributed by atoms with Crippen molar-refractivity contribution >= 4 is 34.9 Å². The van der Waals surface area contributed by atoms with Gasteiger partial charge in [0.05, 0.1) is 17.5 Å². The summed E-state index contributed by atoms with van der Waals surface area (Å²) in [7, 11) is 0. The van der Waals surface area contributed by atoms with Gasteiger partial charge in [0, 0.05) is 11.6 Å². The largest absolute Gasteiger partial charge is 0.433 e. The molecule has 24 heavy (non-hydrogen) atoms. The van der Waals surface area contributed by atoms with Crippen LogP contribution < -0.4 is 0 Å². The summed E-state index contributed by atoms with van der Waals surface area (Å²) in [6.07, 6.45) is 1.25. The Morgan fingerprint density at radius 1 is 1.25 bits per heavy atom. The van der Waals surface area contributed by atoms with Crippen LogP contribution in [0.15, 0.2) is 45.7 Å². The van der Waals surface area contributed by atoms with Gasteiger partial charge in [-0.1, -0.05) is 18.2 Å². The van der Waals surface area contributed by atoms with Gasteiger partial charge in [0.2, 0.25) is 0 Å². The Balaban J connectivity index is 1.82. The van der Waals surface area contributed by atoms with E-state index in [1.54, 1.807) is 6.07 Å². The molecule has 0 N–H and O–H groups in total. The molecule has 2 aromatic rings. The molecular weight excluding hydrogens is 339 g/mol. The highest BCUT2D eigenvalue weighted by atomic mass is 32.2. The second-order valence-electron chi connectivity index (χ2n) is 4.79. The number of carbonyl (C=O) groups excluding carboxylic acids is 2. The van der Waals surface area contributed by atoms with E-state index in [-0.39, 0.29) is 22.8 Å². The van der Waals surface area contributed by atoms with Crippen LogP contribution in [-0.2, 0) is 11.3 Å². The first-order chi connectivity index (χ1) is 11.5. The zero-order valence-electron chi connectivity index (χ0n) is 12.0. The van der Waals surface area contributed by atoms with Gasteiger partial charge in [-0.15, -0.1) is 0 Å². The fraction of sp³-hybridized carbons (Fsp3) is 0.0667. The number of amides is 2. The van der Waals surface area contributed by atoms with Crippen molar-refractivity contribution in [2.24, 2.45) is 0 Å². The summed E-state index contributed by atoms with van der Waals surface area (Å²) < 4.78 is 18.6. The minimum absolute atomic E-state index is 0.0561. The van der Waals surface area contributed by atoms with Gasteiger partial charge in [-0.25, -0.2) is 4.39 Å². The standard InChI is InChI=1S/C15H9FN2O5S/c16-11-4-2-1-3-9(11)8-17-14(19)12(24-15(17)20)7-10-5-6-13(23-10)18(21)22/h1-7H,8H2/b12-7-. The number of nitrogens with zero attached hydrogens (tertiary/aromatic N) is 2. The van der Waals surface area contributed by atoms with E-state index in [4.69, 9.17) is 4.42 Å². The topological polar surface area (TPSA) is 93.7 Å². The molecule has 1 saturated heterocycles. The molecule has 122 valence electrons. The molecule has 1 aromatic carbocycles. The van der Waals surface area contributed by atoms with Gasteiger partial charge in [-0.2, -0.15) is 0 Å². The SMILES string of the molecule is O=C1S/C(=C\c2ccc([N+](=O)[O-])o2)C(=O)N1Cc1ccccc1F. The molecule has 0 radical (unpaired) electrons. The Kier molecular flexibility index (Phi) is 4.17. The van der Waals surface area contributed by atoms with Gasteiger partial charge in [0.15, 0.2) is 0 Å². The second kappa shape index (κ2) is 6.28. The molecule has 9 heteroatoms. The molecule has 3 rings (SSSR count). The number of rotatable bonds is 4. The molecule has 0 spiro atoms. The number of halogens is 1. The van der Waals surface area contributed by atoms with Crippen molar-refractivity contribution in [3.63, 3.8) is 0 Å². The molecular formula is C15H9FN2O5S. The van der Waals surface area contributed by atoms with Crippen LogP contribution in [0.1, 0.15) is 11.3 Å². The third-order valence-electron chi connectivity index (χ3n) is 3.23. The number of benzene rings is 1. The molecule has 1 aliphatic rings. The van der Waals surface area contributed by atoms with Gasteiger partial charge < -0.3 is 4.42 Å². The summed E-state index contributed by atoms with van der Waals surface area (Å²) in [5, 5.41) is 10.0. The molecule has 1 aromatic heterocycles. The molecule has 0 bridgehead atoms. The molecule has 1 aliphatic heterocycles. The smallest absolute Gasteiger partial charge is 0.401 e. The lowest BCUT2D eigenvalue weighted by molar-refractivity contribution is -0.402. The lowest BCUT2D eigenvalue weighted by Gasteiger charge is -2.12. The van der Waals surface area contributed by atoms with Crippen molar-refractivity contribution in [2.45, 2.75) is 6.54 Å². The zero-order valence-corrected chi connectivity index (χ0v) is 12.8. The van der Waals surface area contributed by atoms with Crippen LogP contribution in [0, 0.1) is 15.9 Å². The third-order valence-corrected chi connectivity index (χ3v) is 4.13. The maximum absolute atomic E-state index is 13.7. The Labute approximate surface area is 138 Å². The number of nitro groups is 1. The van der Waals surface area contributed by atoms with E-state index in [9.17, 15) is 24.1 Å². The van der Waals surface area contributed by atoms with E-state index in [0.29, 0.717) is 11.8 Å². The van der Waals surface area contributed by atoms with Crippen LogP contribution >= 0.6 is 11.8 Å². The molecule has 0 unspecified atom stereocenters. The van der Waals surface area contributed by atoms with E-state index in [1.165, 1.54) is 30.3 Å². The van der Waals surface area contributed by atoms with Crippen molar-refractivity contribution in [1.82, 2.24) is 4.90 Å². The van der Waals surface area contributed by atoms with E-state index in [1.807, 2.05) is 0 Å². The molecule has 0 aliphatic carbocycles. The molecule has 1 fully saturated rings. The van der Waals surface area contributed by atoms with Crippen molar-refractivity contribution in [3.05, 3.63) is 68.6 Å². The van der Waals surface area contributed by atoms with Gasteiger partial charge in [-0.3, -0.25) is 24.6 Å². The zero-order chi connectivity index (χ0) is 17.3. The van der Waals surface area contributed by atoms with Crippen molar-refractivity contribution in [1.29, 1.82) is 0 Å². The van der Waals surface area contributed by atoms with Crippen LogP contribution in [0.5, 0.6) is 0 Å². The summed E-state index contributed by atoms with van der Waals surface area (Å²) in [6, 6.07) is 8.31. The van der Waals surface area contributed by atoms with Crippen molar-refractivity contribution in [2.75, 3.05) is 0 Å². The Morgan fingerprint density at radius 2 is 2.00 bits per heavy atom. The van der Waals surface area contributed by atoms with E-state index < -0.39 is 27.8 Å². The lowest BCUT2D eigenvalue weighted by atomic mass is 10.2. The normalized spacial score (nSPS) is 16.2. The van der Waals surface area contributed by atoms with Gasteiger partial charge in [-0.05, 0) is 23.9 Å². The van der Waals surface area contributed by atoms with Crippen LogP contribution in [0.25, 0.3) is 6.08 Å². The van der Waals surface area contributed by atoms with Crippen molar-refractivity contribution < 1.29 is 23.3 Å². The number of carbonyl (C=O) groups is 2. The van der Waals surface area contributed by atoms with Crippen LogP contribution in [0.3, 0.4) is 0 Å². The lowest BCUT2D eigenvalue weighted by Crippen LogP contribution is -2.27. The minimum atomic E-state index is -0.707. The first-order valence-electron chi connectivity index (χ1n) is 6.68. The predicted molar refractivity (Wildman–Crippen MR) is 83.3 cm³/mol. The summed E-state index contributed by atoms with van der Waals surface area (Å²) in [6.45, 7) is -0.188. The highest BCUT2D eigenvalue weighted by Crippen LogP contribution is 2.34. The maximum Gasteiger partial charge on any atom is 0.433 e. The van der Waals surface area contributed by atoms with Crippen molar-refractivity contribution in [3.8, 4) is 0 Å². The van der Waals surface area contributed by atoms with E-state index in [2.05, 4.69) is 0 Å². The average molecular weight is 348 g/mol. The van der Waals surface area contributed by atoms with E-state index in [0.717, 1.165) is 11.0 Å². The van der Waals surface area contributed by atoms with Crippen LogP contribution in [0.4, 0.5) is 15.1 Å². The first-order valence-corrected chi connectivity index (χ1v) is 7.50. The van der Waals surface area contributed by atoms with Gasteiger partial charge >= 0.3 is 5.88 Å². The quantitative estimate of drug-likeness (QED) is 0.476. The number of hydrogen-bond donors (Lipinski definition) is 0. The predicted octanol–water partition coefficient (Wildman–Crippen LogP) is 3.56. The number of hydrogen-bond acceptors (Lipinski definition) is 6. The Morgan fingerprint density at radius 3 is 2.67 bits per heavy atom. The Bertz CT molecular complexity index is 876. The number of imide groups is 1. The average Bonchev–Trinajstić information content (AvgIpc) is 3.10.